The van der Waals surface area contributed by atoms with Crippen LogP contribution in [0.3, 0.4) is 0 Å². The van der Waals surface area contributed by atoms with E-state index in [1.807, 2.05) is 36.9 Å². The number of nitrogens with zero attached hydrogens (tertiary/aromatic N) is 6. The predicted molar refractivity (Wildman–Crippen MR) is 109 cm³/mol. The number of aryl methyl sites for hydroxylation is 1. The number of hydrogen-bond acceptors (Lipinski definition) is 9. The highest BCUT2D eigenvalue weighted by Crippen LogP contribution is 2.32. The zero-order valence-corrected chi connectivity index (χ0v) is 16.3. The number of nitriles is 1. The SMILES string of the molecule is C[C@H](Nc1nc(O)nc(N)c1C#N)c1nc2ccn(C)c2cc1N1CCOCC1. The molecular formula is C19H22N8O2. The van der Waals surface area contributed by atoms with Gasteiger partial charge < -0.3 is 30.4 Å². The number of morpholine rings is 1. The number of fused-ring (bicyclic) bond motifs is 1. The molecule has 3 aromatic heterocycles. The normalized spacial score (nSPS) is 15.3. The molecular weight excluding hydrogens is 372 g/mol. The van der Waals surface area contributed by atoms with Crippen molar-refractivity contribution in [2.45, 2.75) is 13.0 Å². The molecule has 0 aromatic carbocycles. The smallest absolute Gasteiger partial charge is 0.317 e. The van der Waals surface area contributed by atoms with Crippen molar-refractivity contribution in [3.8, 4) is 12.1 Å². The van der Waals surface area contributed by atoms with Crippen molar-refractivity contribution in [2.24, 2.45) is 7.05 Å². The first-order valence-electron chi connectivity index (χ1n) is 9.29. The van der Waals surface area contributed by atoms with Gasteiger partial charge in [0.25, 0.3) is 0 Å². The molecule has 1 atom stereocenters. The van der Waals surface area contributed by atoms with E-state index >= 15 is 0 Å². The number of rotatable bonds is 4. The molecule has 0 aliphatic carbocycles. The van der Waals surface area contributed by atoms with Gasteiger partial charge in [-0.3, -0.25) is 0 Å². The van der Waals surface area contributed by atoms with Crippen molar-refractivity contribution in [1.29, 1.82) is 5.26 Å². The Labute approximate surface area is 167 Å². The van der Waals surface area contributed by atoms with E-state index in [1.54, 1.807) is 0 Å². The highest BCUT2D eigenvalue weighted by molar-refractivity contribution is 5.81. The van der Waals surface area contributed by atoms with Crippen LogP contribution in [0.2, 0.25) is 0 Å². The summed E-state index contributed by atoms with van der Waals surface area (Å²) in [5, 5.41) is 22.3. The maximum absolute atomic E-state index is 9.71. The van der Waals surface area contributed by atoms with Gasteiger partial charge in [0.2, 0.25) is 0 Å². The van der Waals surface area contributed by atoms with Gasteiger partial charge in [-0.1, -0.05) is 0 Å². The van der Waals surface area contributed by atoms with Crippen LogP contribution in [0.1, 0.15) is 24.2 Å². The minimum Gasteiger partial charge on any atom is -0.479 e. The van der Waals surface area contributed by atoms with Gasteiger partial charge in [-0.2, -0.15) is 15.2 Å². The molecule has 0 radical (unpaired) electrons. The Morgan fingerprint density at radius 1 is 1.31 bits per heavy atom. The van der Waals surface area contributed by atoms with E-state index in [-0.39, 0.29) is 23.2 Å². The van der Waals surface area contributed by atoms with Gasteiger partial charge in [0.1, 0.15) is 11.6 Å². The van der Waals surface area contributed by atoms with Crippen molar-refractivity contribution in [3.05, 3.63) is 29.6 Å². The second-order valence-corrected chi connectivity index (χ2v) is 6.93. The van der Waals surface area contributed by atoms with Crippen molar-refractivity contribution < 1.29 is 9.84 Å². The Morgan fingerprint density at radius 3 is 2.79 bits per heavy atom. The van der Waals surface area contributed by atoms with Crippen LogP contribution in [0.25, 0.3) is 11.0 Å². The molecule has 4 heterocycles. The van der Waals surface area contributed by atoms with Gasteiger partial charge >= 0.3 is 6.01 Å². The average Bonchev–Trinajstić information content (AvgIpc) is 3.07. The molecule has 150 valence electrons. The highest BCUT2D eigenvalue weighted by Gasteiger charge is 2.23. The quantitative estimate of drug-likeness (QED) is 0.601. The monoisotopic (exact) mass is 394 g/mol. The summed E-state index contributed by atoms with van der Waals surface area (Å²) in [6.45, 7) is 4.77. The molecule has 3 aromatic rings. The third kappa shape index (κ3) is 3.48. The second-order valence-electron chi connectivity index (χ2n) is 6.93. The van der Waals surface area contributed by atoms with E-state index in [4.69, 9.17) is 15.5 Å². The molecule has 0 unspecified atom stereocenters. The second kappa shape index (κ2) is 7.44. The molecule has 0 spiro atoms. The zero-order valence-electron chi connectivity index (χ0n) is 16.3. The predicted octanol–water partition coefficient (Wildman–Crippen LogP) is 1.53. The molecule has 1 saturated heterocycles. The molecule has 1 fully saturated rings. The maximum atomic E-state index is 9.71. The van der Waals surface area contributed by atoms with Gasteiger partial charge in [-0.05, 0) is 19.1 Å². The summed E-state index contributed by atoms with van der Waals surface area (Å²) in [4.78, 5) is 14.7. The highest BCUT2D eigenvalue weighted by atomic mass is 16.5. The number of nitrogens with two attached hydrogens (primary N) is 1. The third-order valence-electron chi connectivity index (χ3n) is 5.03. The Kier molecular flexibility index (Phi) is 4.82. The summed E-state index contributed by atoms with van der Waals surface area (Å²) < 4.78 is 7.53. The number of pyridine rings is 1. The van der Waals surface area contributed by atoms with Crippen LogP contribution in [-0.4, -0.2) is 50.9 Å². The number of hydrogen-bond donors (Lipinski definition) is 3. The number of nitrogen functional groups attached to an aromatic ring is 1. The topological polar surface area (TPSA) is 138 Å². The third-order valence-corrected chi connectivity index (χ3v) is 5.03. The van der Waals surface area contributed by atoms with Crippen LogP contribution < -0.4 is 16.0 Å². The van der Waals surface area contributed by atoms with Crippen LogP contribution in [-0.2, 0) is 11.8 Å². The van der Waals surface area contributed by atoms with Crippen molar-refractivity contribution in [3.63, 3.8) is 0 Å². The van der Waals surface area contributed by atoms with Crippen molar-refractivity contribution in [2.75, 3.05) is 42.3 Å². The van der Waals surface area contributed by atoms with Crippen molar-refractivity contribution >= 4 is 28.4 Å². The molecule has 10 heteroatoms. The number of aromatic hydroxyl groups is 1. The fourth-order valence-electron chi connectivity index (χ4n) is 3.52. The molecule has 1 aliphatic heterocycles. The fraction of sp³-hybridized carbons (Fsp3) is 0.368. The average molecular weight is 394 g/mol. The summed E-state index contributed by atoms with van der Waals surface area (Å²) >= 11 is 0. The molecule has 10 nitrogen and oxygen atoms in total. The van der Waals surface area contributed by atoms with Gasteiger partial charge in [-0.15, -0.1) is 0 Å². The standard InChI is InChI=1S/C19H22N8O2/c1-11(22-18-12(10-20)17(21)24-19(28)25-18)16-15(27-5-7-29-8-6-27)9-14-13(23-16)3-4-26(14)2/h3-4,9,11H,5-8H2,1-2H3,(H4,21,22,24,25,28)/t11-/m0/s1. The number of anilines is 3. The van der Waals surface area contributed by atoms with E-state index in [2.05, 4.69) is 26.3 Å². The lowest BCUT2D eigenvalue weighted by atomic mass is 10.1. The molecule has 0 bridgehead atoms. The number of ether oxygens (including phenoxy) is 1. The molecule has 0 saturated carbocycles. The first-order valence-corrected chi connectivity index (χ1v) is 9.29. The lowest BCUT2D eigenvalue weighted by Crippen LogP contribution is -2.37. The van der Waals surface area contributed by atoms with Crippen LogP contribution in [0.5, 0.6) is 6.01 Å². The van der Waals surface area contributed by atoms with E-state index in [0.29, 0.717) is 13.2 Å². The van der Waals surface area contributed by atoms with Crippen LogP contribution in [0.4, 0.5) is 17.3 Å². The molecule has 0 amide bonds. The van der Waals surface area contributed by atoms with Crippen LogP contribution in [0.15, 0.2) is 18.3 Å². The van der Waals surface area contributed by atoms with Crippen LogP contribution in [0, 0.1) is 11.3 Å². The summed E-state index contributed by atoms with van der Waals surface area (Å²) in [7, 11) is 1.99. The van der Waals surface area contributed by atoms with Crippen LogP contribution >= 0.6 is 0 Å². The van der Waals surface area contributed by atoms with E-state index in [9.17, 15) is 10.4 Å². The van der Waals surface area contributed by atoms with E-state index in [1.165, 1.54) is 0 Å². The fourth-order valence-corrected chi connectivity index (χ4v) is 3.52. The lowest BCUT2D eigenvalue weighted by molar-refractivity contribution is 0.122. The number of nitrogens with one attached hydrogen (secondary N) is 1. The van der Waals surface area contributed by atoms with Gasteiger partial charge in [-0.25, -0.2) is 4.98 Å². The first kappa shape index (κ1) is 18.8. The van der Waals surface area contributed by atoms with Gasteiger partial charge in [0.15, 0.2) is 11.6 Å². The maximum Gasteiger partial charge on any atom is 0.317 e. The summed E-state index contributed by atoms with van der Waals surface area (Å²) in [6.07, 6.45) is 1.97. The number of aromatic nitrogens is 4. The Morgan fingerprint density at radius 2 is 2.07 bits per heavy atom. The minimum absolute atomic E-state index is 0.0745. The first-order chi connectivity index (χ1) is 14.0. The Hall–Kier alpha value is -3.58. The van der Waals surface area contributed by atoms with Gasteiger partial charge in [0, 0.05) is 26.3 Å². The molecule has 4 rings (SSSR count). The Balaban J connectivity index is 1.77. The minimum atomic E-state index is -0.490. The van der Waals surface area contributed by atoms with Gasteiger partial charge in [0.05, 0.1) is 41.7 Å². The Bertz CT molecular complexity index is 1100. The molecule has 4 N–H and O–H groups in total. The molecule has 1 aliphatic rings. The van der Waals surface area contributed by atoms with E-state index in [0.717, 1.165) is 35.5 Å². The summed E-state index contributed by atoms with van der Waals surface area (Å²) in [6, 6.07) is 5.27. The summed E-state index contributed by atoms with van der Waals surface area (Å²) in [5.41, 5.74) is 9.55. The largest absolute Gasteiger partial charge is 0.479 e. The molecule has 29 heavy (non-hydrogen) atoms. The van der Waals surface area contributed by atoms with Crippen molar-refractivity contribution in [1.82, 2.24) is 19.5 Å². The lowest BCUT2D eigenvalue weighted by Gasteiger charge is -2.31. The summed E-state index contributed by atoms with van der Waals surface area (Å²) in [5.74, 6) is 0.0995. The van der Waals surface area contributed by atoms with E-state index < -0.39 is 6.01 Å². The zero-order chi connectivity index (χ0) is 20.5.